The van der Waals surface area contributed by atoms with E-state index in [1.54, 1.807) is 6.20 Å². The standard InChI is InChI=1S/C21H23ClN4/c1-15(2)25-10-12-26(13-11-25)20-6-5-16(14-18(20)22)17-7-9-23-19-4-3-8-24-21(17)19/h3-9,14-15H,10-13H2,1-2H3. The Morgan fingerprint density at radius 2 is 1.77 bits per heavy atom. The maximum absolute atomic E-state index is 6.67. The van der Waals surface area contributed by atoms with E-state index in [-0.39, 0.29) is 0 Å². The minimum atomic E-state index is 0.600. The van der Waals surface area contributed by atoms with Gasteiger partial charge in [-0.15, -0.1) is 0 Å². The summed E-state index contributed by atoms with van der Waals surface area (Å²) < 4.78 is 0. The smallest absolute Gasteiger partial charge is 0.0964 e. The van der Waals surface area contributed by atoms with Gasteiger partial charge in [-0.05, 0) is 49.7 Å². The van der Waals surface area contributed by atoms with Gasteiger partial charge in [-0.1, -0.05) is 17.7 Å². The normalized spacial score (nSPS) is 15.8. The second kappa shape index (κ2) is 7.22. The predicted molar refractivity (Wildman–Crippen MR) is 109 cm³/mol. The van der Waals surface area contributed by atoms with Crippen LogP contribution in [0.1, 0.15) is 13.8 Å². The number of benzene rings is 1. The summed E-state index contributed by atoms with van der Waals surface area (Å²) in [4.78, 5) is 13.8. The van der Waals surface area contributed by atoms with Crippen molar-refractivity contribution >= 4 is 28.3 Å². The van der Waals surface area contributed by atoms with Crippen molar-refractivity contribution in [2.75, 3.05) is 31.1 Å². The second-order valence-corrected chi connectivity index (χ2v) is 7.42. The average molecular weight is 367 g/mol. The van der Waals surface area contributed by atoms with Crippen molar-refractivity contribution in [3.8, 4) is 11.1 Å². The van der Waals surface area contributed by atoms with Crippen molar-refractivity contribution in [3.63, 3.8) is 0 Å². The molecule has 0 atom stereocenters. The number of fused-ring (bicyclic) bond motifs is 1. The van der Waals surface area contributed by atoms with Gasteiger partial charge in [-0.2, -0.15) is 0 Å². The van der Waals surface area contributed by atoms with Gasteiger partial charge < -0.3 is 4.90 Å². The molecule has 2 aromatic heterocycles. The van der Waals surface area contributed by atoms with Crippen LogP contribution in [-0.2, 0) is 0 Å². The average Bonchev–Trinajstić information content (AvgIpc) is 2.67. The maximum Gasteiger partial charge on any atom is 0.0964 e. The van der Waals surface area contributed by atoms with Crippen LogP contribution in [0.2, 0.25) is 5.02 Å². The highest BCUT2D eigenvalue weighted by molar-refractivity contribution is 6.33. The Morgan fingerprint density at radius 3 is 2.50 bits per heavy atom. The lowest BCUT2D eigenvalue weighted by molar-refractivity contribution is 0.209. The van der Waals surface area contributed by atoms with Crippen molar-refractivity contribution in [3.05, 3.63) is 53.8 Å². The minimum absolute atomic E-state index is 0.600. The highest BCUT2D eigenvalue weighted by Gasteiger charge is 2.20. The molecule has 26 heavy (non-hydrogen) atoms. The molecule has 0 spiro atoms. The fourth-order valence-electron chi connectivity index (χ4n) is 3.62. The first kappa shape index (κ1) is 17.3. The summed E-state index contributed by atoms with van der Waals surface area (Å²) >= 11 is 6.67. The van der Waals surface area contributed by atoms with Gasteiger partial charge in [0.15, 0.2) is 0 Å². The van der Waals surface area contributed by atoms with Crippen LogP contribution in [0.25, 0.3) is 22.2 Å². The van der Waals surface area contributed by atoms with Gasteiger partial charge in [0.05, 0.1) is 21.7 Å². The Bertz CT molecular complexity index is 912. The summed E-state index contributed by atoms with van der Waals surface area (Å²) in [5.74, 6) is 0. The lowest BCUT2D eigenvalue weighted by atomic mass is 10.0. The molecule has 0 saturated carbocycles. The molecule has 0 bridgehead atoms. The van der Waals surface area contributed by atoms with Crippen LogP contribution in [-0.4, -0.2) is 47.1 Å². The van der Waals surface area contributed by atoms with Gasteiger partial charge in [-0.25, -0.2) is 0 Å². The Kier molecular flexibility index (Phi) is 4.79. The highest BCUT2D eigenvalue weighted by Crippen LogP contribution is 2.33. The van der Waals surface area contributed by atoms with E-state index in [4.69, 9.17) is 11.6 Å². The first-order chi connectivity index (χ1) is 12.6. The molecule has 0 unspecified atom stereocenters. The van der Waals surface area contributed by atoms with E-state index < -0.39 is 0 Å². The number of piperazine rings is 1. The van der Waals surface area contributed by atoms with E-state index in [2.05, 4.69) is 51.8 Å². The minimum Gasteiger partial charge on any atom is -0.368 e. The van der Waals surface area contributed by atoms with Gasteiger partial charge in [0, 0.05) is 50.2 Å². The number of hydrogen-bond acceptors (Lipinski definition) is 4. The van der Waals surface area contributed by atoms with Crippen molar-refractivity contribution < 1.29 is 0 Å². The van der Waals surface area contributed by atoms with E-state index in [0.29, 0.717) is 6.04 Å². The van der Waals surface area contributed by atoms with Crippen LogP contribution in [0.3, 0.4) is 0 Å². The van der Waals surface area contributed by atoms with Crippen LogP contribution in [0, 0.1) is 0 Å². The lowest BCUT2D eigenvalue weighted by Crippen LogP contribution is -2.49. The first-order valence-corrected chi connectivity index (χ1v) is 9.50. The Morgan fingerprint density at radius 1 is 0.962 bits per heavy atom. The van der Waals surface area contributed by atoms with Crippen LogP contribution in [0.15, 0.2) is 48.8 Å². The summed E-state index contributed by atoms with van der Waals surface area (Å²) in [6, 6.07) is 12.8. The number of aromatic nitrogens is 2. The number of anilines is 1. The molecule has 0 aliphatic carbocycles. The zero-order valence-electron chi connectivity index (χ0n) is 15.2. The molecule has 3 heterocycles. The SMILES string of the molecule is CC(C)N1CCN(c2ccc(-c3ccnc4cccnc34)cc2Cl)CC1. The molecule has 1 aliphatic heterocycles. The van der Waals surface area contributed by atoms with E-state index in [1.807, 2.05) is 24.4 Å². The highest BCUT2D eigenvalue weighted by atomic mass is 35.5. The summed E-state index contributed by atoms with van der Waals surface area (Å²) in [7, 11) is 0. The van der Waals surface area contributed by atoms with Gasteiger partial charge in [-0.3, -0.25) is 14.9 Å². The van der Waals surface area contributed by atoms with Crippen molar-refractivity contribution in [2.45, 2.75) is 19.9 Å². The molecule has 134 valence electrons. The zero-order chi connectivity index (χ0) is 18.1. The molecule has 4 nitrogen and oxygen atoms in total. The molecule has 1 saturated heterocycles. The summed E-state index contributed by atoms with van der Waals surface area (Å²) in [5.41, 5.74) is 5.06. The molecule has 3 aromatic rings. The Labute approximate surface area is 159 Å². The van der Waals surface area contributed by atoms with E-state index in [1.165, 1.54) is 0 Å². The molecule has 4 rings (SSSR count). The predicted octanol–water partition coefficient (Wildman–Crippen LogP) is 4.48. The molecular formula is C21H23ClN4. The summed E-state index contributed by atoms with van der Waals surface area (Å²) in [6.07, 6.45) is 3.63. The van der Waals surface area contributed by atoms with Gasteiger partial charge in [0.25, 0.3) is 0 Å². The van der Waals surface area contributed by atoms with E-state index >= 15 is 0 Å². The number of rotatable bonds is 3. The fraction of sp³-hybridized carbons (Fsp3) is 0.333. The van der Waals surface area contributed by atoms with Gasteiger partial charge in [0.2, 0.25) is 0 Å². The van der Waals surface area contributed by atoms with Crippen LogP contribution in [0.5, 0.6) is 0 Å². The molecule has 0 radical (unpaired) electrons. The molecule has 1 aliphatic rings. The van der Waals surface area contributed by atoms with Crippen molar-refractivity contribution in [1.82, 2.24) is 14.9 Å². The Balaban J connectivity index is 1.62. The third kappa shape index (κ3) is 3.27. The number of pyridine rings is 2. The van der Waals surface area contributed by atoms with Crippen LogP contribution >= 0.6 is 11.6 Å². The van der Waals surface area contributed by atoms with Gasteiger partial charge >= 0.3 is 0 Å². The monoisotopic (exact) mass is 366 g/mol. The molecule has 0 amide bonds. The number of halogens is 1. The topological polar surface area (TPSA) is 32.3 Å². The largest absolute Gasteiger partial charge is 0.368 e. The maximum atomic E-state index is 6.67. The molecule has 1 aromatic carbocycles. The summed E-state index contributed by atoms with van der Waals surface area (Å²) in [5, 5.41) is 0.793. The van der Waals surface area contributed by atoms with E-state index in [0.717, 1.165) is 59.0 Å². The van der Waals surface area contributed by atoms with Crippen molar-refractivity contribution in [2.24, 2.45) is 0 Å². The third-order valence-electron chi connectivity index (χ3n) is 5.14. The number of nitrogens with zero attached hydrogens (tertiary/aromatic N) is 4. The quantitative estimate of drug-likeness (QED) is 0.684. The molecule has 1 fully saturated rings. The van der Waals surface area contributed by atoms with E-state index in [9.17, 15) is 0 Å². The third-order valence-corrected chi connectivity index (χ3v) is 5.44. The second-order valence-electron chi connectivity index (χ2n) is 7.01. The van der Waals surface area contributed by atoms with Crippen molar-refractivity contribution in [1.29, 1.82) is 0 Å². The molecular weight excluding hydrogens is 344 g/mol. The Hall–Kier alpha value is -2.17. The molecule has 0 N–H and O–H groups in total. The lowest BCUT2D eigenvalue weighted by Gasteiger charge is -2.38. The van der Waals surface area contributed by atoms with Crippen LogP contribution in [0.4, 0.5) is 5.69 Å². The fourth-order valence-corrected chi connectivity index (χ4v) is 3.92. The summed E-state index contributed by atoms with van der Waals surface area (Å²) in [6.45, 7) is 8.69. The van der Waals surface area contributed by atoms with Gasteiger partial charge in [0.1, 0.15) is 0 Å². The molecule has 5 heteroatoms. The van der Waals surface area contributed by atoms with Crippen LogP contribution < -0.4 is 4.90 Å². The zero-order valence-corrected chi connectivity index (χ0v) is 15.9. The number of hydrogen-bond donors (Lipinski definition) is 0. The first-order valence-electron chi connectivity index (χ1n) is 9.12.